The van der Waals surface area contributed by atoms with Crippen molar-refractivity contribution in [3.05, 3.63) is 33.8 Å². The second kappa shape index (κ2) is 6.02. The third kappa shape index (κ3) is 3.06. The lowest BCUT2D eigenvalue weighted by Gasteiger charge is -2.50. The van der Waals surface area contributed by atoms with Crippen LogP contribution >= 0.6 is 15.9 Å². The molecule has 2 aliphatic rings. The quantitative estimate of drug-likeness (QED) is 0.882. The number of likely N-dealkylation sites (tertiary alicyclic amines) is 1. The van der Waals surface area contributed by atoms with E-state index in [1.165, 1.54) is 41.5 Å². The van der Waals surface area contributed by atoms with E-state index in [1.807, 2.05) is 0 Å². The molecule has 21 heavy (non-hydrogen) atoms. The zero-order valence-corrected chi connectivity index (χ0v) is 14.8. The molecule has 3 atom stereocenters. The van der Waals surface area contributed by atoms with Crippen molar-refractivity contribution in [3.63, 3.8) is 0 Å². The molecule has 1 aliphatic heterocycles. The summed E-state index contributed by atoms with van der Waals surface area (Å²) in [5, 5.41) is 0. The van der Waals surface area contributed by atoms with Gasteiger partial charge in [0.15, 0.2) is 0 Å². The van der Waals surface area contributed by atoms with Gasteiger partial charge in [-0.1, -0.05) is 35.8 Å². The minimum atomic E-state index is 0.184. The highest BCUT2D eigenvalue weighted by Crippen LogP contribution is 2.37. The van der Waals surface area contributed by atoms with E-state index in [0.717, 1.165) is 31.2 Å². The van der Waals surface area contributed by atoms with E-state index < -0.39 is 0 Å². The second-order valence-corrected chi connectivity index (χ2v) is 8.28. The van der Waals surface area contributed by atoms with Gasteiger partial charge in [0.1, 0.15) is 0 Å². The average molecular weight is 351 g/mol. The molecule has 1 fully saturated rings. The Kier molecular flexibility index (Phi) is 4.45. The molecule has 3 heteroatoms. The molecular weight excluding hydrogens is 324 g/mol. The predicted molar refractivity (Wildman–Crippen MR) is 92.5 cm³/mol. The Bertz CT molecular complexity index is 506. The molecule has 1 saturated heterocycles. The first-order valence-corrected chi connectivity index (χ1v) is 9.04. The lowest BCUT2D eigenvalue weighted by Crippen LogP contribution is -2.60. The summed E-state index contributed by atoms with van der Waals surface area (Å²) in [4.78, 5) is 2.72. The number of rotatable bonds is 2. The Balaban J connectivity index is 1.86. The Hall–Kier alpha value is -0.380. The molecule has 0 bridgehead atoms. The molecule has 0 saturated carbocycles. The zero-order chi connectivity index (χ0) is 15.0. The standard InChI is InChI=1S/C18H27BrN2/c1-13-7-14(2)11-21(10-13)18(12-20)6-5-15-8-17(19)4-3-16(15)9-18/h3-4,8,13-14H,5-7,9-12,20H2,1-2H3. The predicted octanol–water partition coefficient (Wildman–Crippen LogP) is 3.61. The third-order valence-corrected chi connectivity index (χ3v) is 5.96. The van der Waals surface area contributed by atoms with Crippen LogP contribution in [0.25, 0.3) is 0 Å². The van der Waals surface area contributed by atoms with Gasteiger partial charge in [-0.05, 0) is 60.8 Å². The fraction of sp³-hybridized carbons (Fsp3) is 0.667. The van der Waals surface area contributed by atoms with Crippen molar-refractivity contribution < 1.29 is 0 Å². The van der Waals surface area contributed by atoms with Crippen molar-refractivity contribution in [2.45, 2.75) is 45.1 Å². The molecule has 1 heterocycles. The number of aryl methyl sites for hydroxylation is 1. The van der Waals surface area contributed by atoms with Gasteiger partial charge >= 0.3 is 0 Å². The summed E-state index contributed by atoms with van der Waals surface area (Å²) in [6.45, 7) is 7.99. The Labute approximate surface area is 137 Å². The molecule has 0 radical (unpaired) electrons. The molecule has 2 N–H and O–H groups in total. The van der Waals surface area contributed by atoms with E-state index in [9.17, 15) is 0 Å². The molecule has 1 aliphatic carbocycles. The number of fused-ring (bicyclic) bond motifs is 1. The molecule has 3 unspecified atom stereocenters. The van der Waals surface area contributed by atoms with Crippen LogP contribution in [0.15, 0.2) is 22.7 Å². The maximum absolute atomic E-state index is 6.30. The Morgan fingerprint density at radius 2 is 1.95 bits per heavy atom. The fourth-order valence-electron chi connectivity index (χ4n) is 4.43. The van der Waals surface area contributed by atoms with Gasteiger partial charge in [0.25, 0.3) is 0 Å². The lowest BCUT2D eigenvalue weighted by molar-refractivity contribution is 0.0196. The molecule has 0 aromatic heterocycles. The largest absolute Gasteiger partial charge is 0.329 e. The Morgan fingerprint density at radius 1 is 1.24 bits per heavy atom. The first-order valence-electron chi connectivity index (χ1n) is 8.25. The number of nitrogens with zero attached hydrogens (tertiary/aromatic N) is 1. The van der Waals surface area contributed by atoms with Crippen LogP contribution < -0.4 is 5.73 Å². The fourth-order valence-corrected chi connectivity index (χ4v) is 4.84. The van der Waals surface area contributed by atoms with Crippen LogP contribution in [0.4, 0.5) is 0 Å². The minimum Gasteiger partial charge on any atom is -0.329 e. The van der Waals surface area contributed by atoms with E-state index in [0.29, 0.717) is 0 Å². The number of hydrogen-bond donors (Lipinski definition) is 1. The maximum atomic E-state index is 6.30. The number of nitrogens with two attached hydrogens (primary N) is 1. The molecule has 1 aromatic carbocycles. The van der Waals surface area contributed by atoms with Crippen molar-refractivity contribution in [2.24, 2.45) is 17.6 Å². The van der Waals surface area contributed by atoms with Crippen molar-refractivity contribution in [3.8, 4) is 0 Å². The molecule has 2 nitrogen and oxygen atoms in total. The summed E-state index contributed by atoms with van der Waals surface area (Å²) >= 11 is 3.59. The highest BCUT2D eigenvalue weighted by atomic mass is 79.9. The van der Waals surface area contributed by atoms with Crippen LogP contribution in [0.1, 0.15) is 37.8 Å². The van der Waals surface area contributed by atoms with Crippen LogP contribution in [-0.4, -0.2) is 30.1 Å². The van der Waals surface area contributed by atoms with E-state index in [1.54, 1.807) is 0 Å². The van der Waals surface area contributed by atoms with E-state index in [4.69, 9.17) is 5.73 Å². The molecule has 0 amide bonds. The third-order valence-electron chi connectivity index (χ3n) is 5.47. The van der Waals surface area contributed by atoms with Crippen LogP contribution in [0.5, 0.6) is 0 Å². The number of hydrogen-bond acceptors (Lipinski definition) is 2. The van der Waals surface area contributed by atoms with Gasteiger partial charge in [-0.2, -0.15) is 0 Å². The van der Waals surface area contributed by atoms with Gasteiger partial charge in [-0.3, -0.25) is 4.90 Å². The topological polar surface area (TPSA) is 29.3 Å². The van der Waals surface area contributed by atoms with Gasteiger partial charge in [0.05, 0.1) is 0 Å². The lowest BCUT2D eigenvalue weighted by atomic mass is 9.75. The maximum Gasteiger partial charge on any atom is 0.0375 e. The van der Waals surface area contributed by atoms with Gasteiger partial charge in [0, 0.05) is 29.6 Å². The van der Waals surface area contributed by atoms with Gasteiger partial charge < -0.3 is 5.73 Å². The number of piperidine rings is 1. The summed E-state index contributed by atoms with van der Waals surface area (Å²) in [6.07, 6.45) is 4.84. The average Bonchev–Trinajstić information content (AvgIpc) is 2.45. The SMILES string of the molecule is CC1CC(C)CN(C2(CN)CCc3cc(Br)ccc3C2)C1. The van der Waals surface area contributed by atoms with Gasteiger partial charge in [-0.25, -0.2) is 0 Å². The first-order chi connectivity index (χ1) is 10.0. The van der Waals surface area contributed by atoms with Crippen LogP contribution in [0.3, 0.4) is 0 Å². The normalized spacial score (nSPS) is 33.7. The summed E-state index contributed by atoms with van der Waals surface area (Å²) < 4.78 is 1.20. The molecule has 1 aromatic rings. The highest BCUT2D eigenvalue weighted by molar-refractivity contribution is 9.10. The molecule has 3 rings (SSSR count). The zero-order valence-electron chi connectivity index (χ0n) is 13.2. The molecule has 116 valence electrons. The highest BCUT2D eigenvalue weighted by Gasteiger charge is 2.41. The summed E-state index contributed by atoms with van der Waals surface area (Å²) in [5.41, 5.74) is 9.49. The van der Waals surface area contributed by atoms with Gasteiger partial charge in [0.2, 0.25) is 0 Å². The summed E-state index contributed by atoms with van der Waals surface area (Å²) in [6, 6.07) is 6.75. The van der Waals surface area contributed by atoms with E-state index >= 15 is 0 Å². The smallest absolute Gasteiger partial charge is 0.0375 e. The van der Waals surface area contributed by atoms with Crippen molar-refractivity contribution in [2.75, 3.05) is 19.6 Å². The molecular formula is C18H27BrN2. The Morgan fingerprint density at radius 3 is 2.62 bits per heavy atom. The van der Waals surface area contributed by atoms with Crippen molar-refractivity contribution in [1.82, 2.24) is 4.90 Å². The van der Waals surface area contributed by atoms with E-state index in [-0.39, 0.29) is 5.54 Å². The second-order valence-electron chi connectivity index (χ2n) is 7.37. The number of halogens is 1. The number of benzene rings is 1. The van der Waals surface area contributed by atoms with Crippen molar-refractivity contribution in [1.29, 1.82) is 0 Å². The van der Waals surface area contributed by atoms with Crippen LogP contribution in [0.2, 0.25) is 0 Å². The summed E-state index contributed by atoms with van der Waals surface area (Å²) in [5.74, 6) is 1.59. The van der Waals surface area contributed by atoms with Crippen molar-refractivity contribution >= 4 is 15.9 Å². The summed E-state index contributed by atoms with van der Waals surface area (Å²) in [7, 11) is 0. The monoisotopic (exact) mass is 350 g/mol. The van der Waals surface area contributed by atoms with Crippen LogP contribution in [0, 0.1) is 11.8 Å². The van der Waals surface area contributed by atoms with Crippen LogP contribution in [-0.2, 0) is 12.8 Å². The van der Waals surface area contributed by atoms with E-state index in [2.05, 4.69) is 52.9 Å². The molecule has 0 spiro atoms. The minimum absolute atomic E-state index is 0.184. The first kappa shape index (κ1) is 15.5. The van der Waals surface area contributed by atoms with Gasteiger partial charge in [-0.15, -0.1) is 0 Å².